The fraction of sp³-hybridized carbons (Fsp3) is 0.462. The van der Waals surface area contributed by atoms with E-state index >= 15 is 0 Å². The molecule has 0 spiro atoms. The second kappa shape index (κ2) is 8.02. The van der Waals surface area contributed by atoms with Crippen LogP contribution in [0.2, 0.25) is 0 Å². The van der Waals surface area contributed by atoms with Crippen molar-refractivity contribution in [2.24, 2.45) is 0 Å². The molecular formula is C13H20N2O. The van der Waals surface area contributed by atoms with Gasteiger partial charge in [-0.25, -0.2) is 0 Å². The number of methoxy groups -OCH3 is 1. The summed E-state index contributed by atoms with van der Waals surface area (Å²) in [5, 5.41) is 3.34. The van der Waals surface area contributed by atoms with Gasteiger partial charge in [0.1, 0.15) is 0 Å². The van der Waals surface area contributed by atoms with E-state index in [1.54, 1.807) is 13.3 Å². The Hall–Kier alpha value is -1.19. The van der Waals surface area contributed by atoms with Crippen LogP contribution in [0.15, 0.2) is 30.1 Å². The van der Waals surface area contributed by atoms with Crippen molar-refractivity contribution in [2.45, 2.75) is 13.3 Å². The lowest BCUT2D eigenvalue weighted by Gasteiger charge is -2.06. The molecule has 0 radical (unpaired) electrons. The summed E-state index contributed by atoms with van der Waals surface area (Å²) in [5.74, 6) is 0. The lowest BCUT2D eigenvalue weighted by molar-refractivity contribution is 0.200. The van der Waals surface area contributed by atoms with Crippen molar-refractivity contribution in [3.63, 3.8) is 0 Å². The second-order valence-electron chi connectivity index (χ2n) is 3.61. The normalized spacial score (nSPS) is 11.8. The Morgan fingerprint density at radius 3 is 3.06 bits per heavy atom. The monoisotopic (exact) mass is 220 g/mol. The Kier molecular flexibility index (Phi) is 6.45. The Morgan fingerprint density at radius 2 is 2.44 bits per heavy atom. The number of hydrogen-bond donors (Lipinski definition) is 1. The van der Waals surface area contributed by atoms with Crippen molar-refractivity contribution in [1.82, 2.24) is 10.3 Å². The van der Waals surface area contributed by atoms with Gasteiger partial charge in [-0.1, -0.05) is 24.6 Å². The van der Waals surface area contributed by atoms with Crippen LogP contribution in [-0.2, 0) is 4.74 Å². The number of rotatable bonds is 7. The van der Waals surface area contributed by atoms with Gasteiger partial charge in [-0.15, -0.1) is 0 Å². The molecule has 1 N–H and O–H groups in total. The molecule has 0 aliphatic carbocycles. The zero-order valence-electron chi connectivity index (χ0n) is 10.1. The number of nitrogens with one attached hydrogen (secondary N) is 1. The molecule has 0 fully saturated rings. The van der Waals surface area contributed by atoms with Gasteiger partial charge >= 0.3 is 0 Å². The third-order valence-corrected chi connectivity index (χ3v) is 2.34. The molecule has 0 amide bonds. The molecule has 1 aromatic heterocycles. The van der Waals surface area contributed by atoms with Gasteiger partial charge in [-0.05, 0) is 18.1 Å². The minimum atomic E-state index is 0.754. The fourth-order valence-corrected chi connectivity index (χ4v) is 1.40. The Balaban J connectivity index is 2.44. The molecule has 0 unspecified atom stereocenters. The molecule has 1 heterocycles. The zero-order chi connectivity index (χ0) is 11.6. The van der Waals surface area contributed by atoms with E-state index in [9.17, 15) is 0 Å². The van der Waals surface area contributed by atoms with Gasteiger partial charge < -0.3 is 10.1 Å². The average Bonchev–Trinajstić information content (AvgIpc) is 2.34. The molecule has 0 aliphatic heterocycles. The van der Waals surface area contributed by atoms with E-state index in [-0.39, 0.29) is 0 Å². The first-order valence-electron chi connectivity index (χ1n) is 5.66. The van der Waals surface area contributed by atoms with Gasteiger partial charge in [0.2, 0.25) is 0 Å². The predicted molar refractivity (Wildman–Crippen MR) is 67.3 cm³/mol. The lowest BCUT2D eigenvalue weighted by Crippen LogP contribution is -2.21. The molecule has 0 atom stereocenters. The average molecular weight is 220 g/mol. The summed E-state index contributed by atoms with van der Waals surface area (Å²) in [5.41, 5.74) is 2.54. The number of nitrogens with zero attached hydrogens (tertiary/aromatic N) is 1. The van der Waals surface area contributed by atoms with Gasteiger partial charge in [0.15, 0.2) is 0 Å². The largest absolute Gasteiger partial charge is 0.383 e. The topological polar surface area (TPSA) is 34.2 Å². The molecule has 0 saturated heterocycles. The van der Waals surface area contributed by atoms with Crippen molar-refractivity contribution in [3.8, 4) is 0 Å². The standard InChI is InChI=1S/C13H20N2O/c1-3-12(10-15-7-8-16-2)9-13-5-4-6-14-11-13/h4-6,9,11,15H,3,7-8,10H2,1-2H3. The van der Waals surface area contributed by atoms with Gasteiger partial charge in [0, 0.05) is 32.6 Å². The maximum absolute atomic E-state index is 4.98. The van der Waals surface area contributed by atoms with Crippen LogP contribution in [0.5, 0.6) is 0 Å². The number of aromatic nitrogens is 1. The highest BCUT2D eigenvalue weighted by Gasteiger charge is 1.95. The van der Waals surface area contributed by atoms with Crippen LogP contribution in [0.3, 0.4) is 0 Å². The van der Waals surface area contributed by atoms with Crippen molar-refractivity contribution in [2.75, 3.05) is 26.8 Å². The molecule has 1 aromatic rings. The maximum Gasteiger partial charge on any atom is 0.0587 e. The van der Waals surface area contributed by atoms with E-state index in [1.165, 1.54) is 5.57 Å². The van der Waals surface area contributed by atoms with Crippen LogP contribution < -0.4 is 5.32 Å². The molecule has 0 saturated carbocycles. The Bertz CT molecular complexity index is 309. The summed E-state index contributed by atoms with van der Waals surface area (Å²) in [6, 6.07) is 4.02. The first-order chi connectivity index (χ1) is 7.86. The molecule has 1 rings (SSSR count). The predicted octanol–water partition coefficient (Wildman–Crippen LogP) is 2.11. The fourth-order valence-electron chi connectivity index (χ4n) is 1.40. The summed E-state index contributed by atoms with van der Waals surface area (Å²) in [6.07, 6.45) is 6.91. The van der Waals surface area contributed by atoms with Crippen molar-refractivity contribution in [3.05, 3.63) is 35.7 Å². The molecule has 0 bridgehead atoms. The molecule has 0 aromatic carbocycles. The van der Waals surface area contributed by atoms with Gasteiger partial charge in [0.25, 0.3) is 0 Å². The molecular weight excluding hydrogens is 200 g/mol. The van der Waals surface area contributed by atoms with E-state index in [0.717, 1.165) is 31.7 Å². The Morgan fingerprint density at radius 1 is 1.56 bits per heavy atom. The van der Waals surface area contributed by atoms with Crippen LogP contribution in [0.25, 0.3) is 6.08 Å². The first-order valence-corrected chi connectivity index (χ1v) is 5.66. The number of hydrogen-bond acceptors (Lipinski definition) is 3. The van der Waals surface area contributed by atoms with E-state index in [4.69, 9.17) is 4.74 Å². The lowest BCUT2D eigenvalue weighted by atomic mass is 10.1. The third-order valence-electron chi connectivity index (χ3n) is 2.34. The van der Waals surface area contributed by atoms with Gasteiger partial charge in [-0.2, -0.15) is 0 Å². The summed E-state index contributed by atoms with van der Waals surface area (Å²) in [4.78, 5) is 4.10. The number of pyridine rings is 1. The molecule has 3 heteroatoms. The van der Waals surface area contributed by atoms with Gasteiger partial charge in [0.05, 0.1) is 6.61 Å². The van der Waals surface area contributed by atoms with Crippen molar-refractivity contribution < 1.29 is 4.74 Å². The smallest absolute Gasteiger partial charge is 0.0587 e. The molecule has 16 heavy (non-hydrogen) atoms. The van der Waals surface area contributed by atoms with Gasteiger partial charge in [-0.3, -0.25) is 4.98 Å². The van der Waals surface area contributed by atoms with Crippen molar-refractivity contribution >= 4 is 6.08 Å². The van der Waals surface area contributed by atoms with E-state index < -0.39 is 0 Å². The molecule has 88 valence electrons. The Labute approximate surface area is 97.5 Å². The summed E-state index contributed by atoms with van der Waals surface area (Å²) in [6.45, 7) is 4.72. The van der Waals surface area contributed by atoms with E-state index in [0.29, 0.717) is 0 Å². The maximum atomic E-state index is 4.98. The van der Waals surface area contributed by atoms with Crippen LogP contribution in [-0.4, -0.2) is 31.8 Å². The van der Waals surface area contributed by atoms with Crippen LogP contribution in [0.4, 0.5) is 0 Å². The highest BCUT2D eigenvalue weighted by Crippen LogP contribution is 2.07. The zero-order valence-corrected chi connectivity index (χ0v) is 10.1. The molecule has 3 nitrogen and oxygen atoms in total. The SMILES string of the molecule is CCC(=Cc1cccnc1)CNCCOC. The highest BCUT2D eigenvalue weighted by molar-refractivity contribution is 5.51. The third kappa shape index (κ3) is 5.05. The quantitative estimate of drug-likeness (QED) is 0.715. The minimum absolute atomic E-state index is 0.754. The molecule has 0 aliphatic rings. The van der Waals surface area contributed by atoms with Crippen LogP contribution in [0.1, 0.15) is 18.9 Å². The summed E-state index contributed by atoms with van der Waals surface area (Å²) >= 11 is 0. The first kappa shape index (κ1) is 12.9. The minimum Gasteiger partial charge on any atom is -0.383 e. The van der Waals surface area contributed by atoms with E-state index in [1.807, 2.05) is 12.3 Å². The van der Waals surface area contributed by atoms with E-state index in [2.05, 4.69) is 29.4 Å². The summed E-state index contributed by atoms with van der Waals surface area (Å²) in [7, 11) is 1.72. The van der Waals surface area contributed by atoms with Crippen molar-refractivity contribution in [1.29, 1.82) is 0 Å². The highest BCUT2D eigenvalue weighted by atomic mass is 16.5. The number of ether oxygens (including phenoxy) is 1. The summed E-state index contributed by atoms with van der Waals surface area (Å²) < 4.78 is 4.98. The van der Waals surface area contributed by atoms with Crippen LogP contribution in [0, 0.1) is 0 Å². The second-order valence-corrected chi connectivity index (χ2v) is 3.61. The van der Waals surface area contributed by atoms with Crippen LogP contribution >= 0.6 is 0 Å².